The minimum Gasteiger partial charge on any atom is -0.348 e. The van der Waals surface area contributed by atoms with Gasteiger partial charge in [-0.05, 0) is 32.4 Å². The fraction of sp³-hybridized carbons (Fsp3) is 0.462. The summed E-state index contributed by atoms with van der Waals surface area (Å²) in [5, 5.41) is 5.81. The molecule has 0 radical (unpaired) electrons. The molecule has 1 aromatic rings. The molecule has 3 nitrogen and oxygen atoms in total. The van der Waals surface area contributed by atoms with Gasteiger partial charge in [0.25, 0.3) is 0 Å². The van der Waals surface area contributed by atoms with Crippen LogP contribution in [0.3, 0.4) is 0 Å². The maximum absolute atomic E-state index is 13.5. The number of nitrogens with one attached hydrogen (secondary N) is 2. The van der Waals surface area contributed by atoms with Crippen LogP contribution in [-0.4, -0.2) is 18.5 Å². The monoisotopic (exact) mass is 254 g/mol. The Labute approximate surface area is 105 Å². The van der Waals surface area contributed by atoms with E-state index in [2.05, 4.69) is 10.6 Å². The second-order valence-corrected chi connectivity index (χ2v) is 4.55. The summed E-state index contributed by atoms with van der Waals surface area (Å²) < 4.78 is 26.3. The van der Waals surface area contributed by atoms with Crippen LogP contribution < -0.4 is 10.6 Å². The largest absolute Gasteiger partial charge is 0.348 e. The van der Waals surface area contributed by atoms with Gasteiger partial charge >= 0.3 is 0 Å². The number of carbonyl (C=O) groups is 1. The fourth-order valence-corrected chi connectivity index (χ4v) is 2.15. The number of hydrogen-bond donors (Lipinski definition) is 2. The lowest BCUT2D eigenvalue weighted by atomic mass is 10.1. The van der Waals surface area contributed by atoms with Gasteiger partial charge in [0, 0.05) is 11.6 Å². The van der Waals surface area contributed by atoms with Crippen molar-refractivity contribution in [2.75, 3.05) is 6.54 Å². The van der Waals surface area contributed by atoms with E-state index < -0.39 is 17.7 Å². The van der Waals surface area contributed by atoms with Crippen molar-refractivity contribution in [2.24, 2.45) is 0 Å². The van der Waals surface area contributed by atoms with Crippen molar-refractivity contribution < 1.29 is 13.6 Å². The molecular formula is C13H16F2N2O. The molecule has 1 fully saturated rings. The Kier molecular flexibility index (Phi) is 3.91. The van der Waals surface area contributed by atoms with Crippen molar-refractivity contribution in [3.8, 4) is 0 Å². The standard InChI is InChI=1S/C13H16F2N2O/c1-8(10-5-4-9(14)7-11(10)15)17-13(18)12-3-2-6-16-12/h4-5,7-8,12,16H,2-3,6H2,1H3,(H,17,18)/t8?,12-/m1/s1. The molecule has 18 heavy (non-hydrogen) atoms. The number of amides is 1. The summed E-state index contributed by atoms with van der Waals surface area (Å²) in [6.45, 7) is 2.51. The third-order valence-electron chi connectivity index (χ3n) is 3.16. The molecule has 2 rings (SSSR count). The van der Waals surface area contributed by atoms with Crippen molar-refractivity contribution in [3.05, 3.63) is 35.4 Å². The molecule has 0 bridgehead atoms. The van der Waals surface area contributed by atoms with Crippen LogP contribution in [0.2, 0.25) is 0 Å². The van der Waals surface area contributed by atoms with E-state index in [0.29, 0.717) is 5.56 Å². The highest BCUT2D eigenvalue weighted by Gasteiger charge is 2.24. The van der Waals surface area contributed by atoms with Crippen molar-refractivity contribution in [1.29, 1.82) is 0 Å². The molecule has 2 atom stereocenters. The maximum Gasteiger partial charge on any atom is 0.237 e. The van der Waals surface area contributed by atoms with Gasteiger partial charge in [0.2, 0.25) is 5.91 Å². The highest BCUT2D eigenvalue weighted by molar-refractivity contribution is 5.82. The van der Waals surface area contributed by atoms with E-state index in [1.54, 1.807) is 6.92 Å². The van der Waals surface area contributed by atoms with E-state index in [0.717, 1.165) is 25.5 Å². The Hall–Kier alpha value is -1.49. The van der Waals surface area contributed by atoms with Crippen LogP contribution >= 0.6 is 0 Å². The molecule has 1 amide bonds. The van der Waals surface area contributed by atoms with E-state index in [1.807, 2.05) is 0 Å². The molecule has 1 aliphatic heterocycles. The molecule has 1 saturated heterocycles. The topological polar surface area (TPSA) is 41.1 Å². The highest BCUT2D eigenvalue weighted by Crippen LogP contribution is 2.18. The summed E-state index contributed by atoms with van der Waals surface area (Å²) in [5.74, 6) is -1.39. The molecule has 1 unspecified atom stereocenters. The molecule has 1 heterocycles. The van der Waals surface area contributed by atoms with Gasteiger partial charge in [0.1, 0.15) is 11.6 Å². The lowest BCUT2D eigenvalue weighted by Gasteiger charge is -2.18. The van der Waals surface area contributed by atoms with Crippen LogP contribution in [0, 0.1) is 11.6 Å². The lowest BCUT2D eigenvalue weighted by molar-refractivity contribution is -0.123. The molecule has 1 aliphatic rings. The molecule has 0 aromatic heterocycles. The van der Waals surface area contributed by atoms with Gasteiger partial charge in [-0.1, -0.05) is 6.07 Å². The summed E-state index contributed by atoms with van der Waals surface area (Å²) in [5.41, 5.74) is 0.294. The number of halogens is 2. The first-order valence-electron chi connectivity index (χ1n) is 6.06. The number of rotatable bonds is 3. The Balaban J connectivity index is 2.02. The maximum atomic E-state index is 13.5. The SMILES string of the molecule is CC(NC(=O)[C@H]1CCCN1)c1ccc(F)cc1F. The van der Waals surface area contributed by atoms with Gasteiger partial charge in [-0.25, -0.2) is 8.78 Å². The van der Waals surface area contributed by atoms with Crippen LogP contribution in [0.4, 0.5) is 8.78 Å². The zero-order valence-electron chi connectivity index (χ0n) is 10.2. The molecule has 1 aromatic carbocycles. The van der Waals surface area contributed by atoms with Gasteiger partial charge in [-0.15, -0.1) is 0 Å². The first-order valence-corrected chi connectivity index (χ1v) is 6.06. The van der Waals surface area contributed by atoms with Crippen molar-refractivity contribution in [1.82, 2.24) is 10.6 Å². The zero-order valence-corrected chi connectivity index (χ0v) is 10.2. The van der Waals surface area contributed by atoms with Crippen molar-refractivity contribution in [2.45, 2.75) is 31.8 Å². The molecule has 2 N–H and O–H groups in total. The van der Waals surface area contributed by atoms with E-state index in [-0.39, 0.29) is 11.9 Å². The van der Waals surface area contributed by atoms with Crippen LogP contribution in [0.15, 0.2) is 18.2 Å². The Morgan fingerprint density at radius 1 is 1.50 bits per heavy atom. The molecule has 0 aliphatic carbocycles. The molecular weight excluding hydrogens is 238 g/mol. The second-order valence-electron chi connectivity index (χ2n) is 4.55. The summed E-state index contributed by atoms with van der Waals surface area (Å²) >= 11 is 0. The average molecular weight is 254 g/mol. The van der Waals surface area contributed by atoms with Gasteiger partial charge in [-0.2, -0.15) is 0 Å². The highest BCUT2D eigenvalue weighted by atomic mass is 19.1. The Bertz CT molecular complexity index is 445. The minimum absolute atomic E-state index is 0.135. The van der Waals surface area contributed by atoms with Crippen LogP contribution in [0.1, 0.15) is 31.4 Å². The molecule has 98 valence electrons. The lowest BCUT2D eigenvalue weighted by Crippen LogP contribution is -2.41. The second kappa shape index (κ2) is 5.44. The predicted octanol–water partition coefficient (Wildman–Crippen LogP) is 1.89. The zero-order chi connectivity index (χ0) is 13.1. The minimum atomic E-state index is -0.637. The van der Waals surface area contributed by atoms with E-state index in [1.165, 1.54) is 12.1 Å². The summed E-state index contributed by atoms with van der Waals surface area (Å²) in [4.78, 5) is 11.8. The number of benzene rings is 1. The summed E-state index contributed by atoms with van der Waals surface area (Å²) in [7, 11) is 0. The Morgan fingerprint density at radius 3 is 2.89 bits per heavy atom. The van der Waals surface area contributed by atoms with Gasteiger partial charge < -0.3 is 10.6 Å². The van der Waals surface area contributed by atoms with Crippen LogP contribution in [0.25, 0.3) is 0 Å². The molecule has 5 heteroatoms. The average Bonchev–Trinajstić information content (AvgIpc) is 2.81. The molecule has 0 spiro atoms. The van der Waals surface area contributed by atoms with Crippen LogP contribution in [-0.2, 0) is 4.79 Å². The fourth-order valence-electron chi connectivity index (χ4n) is 2.15. The quantitative estimate of drug-likeness (QED) is 0.865. The van der Waals surface area contributed by atoms with E-state index >= 15 is 0 Å². The van der Waals surface area contributed by atoms with Crippen molar-refractivity contribution >= 4 is 5.91 Å². The normalized spacial score (nSPS) is 20.7. The van der Waals surface area contributed by atoms with E-state index in [9.17, 15) is 13.6 Å². The third kappa shape index (κ3) is 2.85. The summed E-state index contributed by atoms with van der Waals surface area (Å²) in [6.07, 6.45) is 1.77. The van der Waals surface area contributed by atoms with E-state index in [4.69, 9.17) is 0 Å². The Morgan fingerprint density at radius 2 is 2.28 bits per heavy atom. The first kappa shape index (κ1) is 13.0. The summed E-state index contributed by atoms with van der Waals surface area (Å²) in [6, 6.07) is 2.70. The number of carbonyl (C=O) groups excluding carboxylic acids is 1. The third-order valence-corrected chi connectivity index (χ3v) is 3.16. The van der Waals surface area contributed by atoms with Gasteiger partial charge in [-0.3, -0.25) is 4.79 Å². The first-order chi connectivity index (χ1) is 8.58. The van der Waals surface area contributed by atoms with Crippen LogP contribution in [0.5, 0.6) is 0 Å². The van der Waals surface area contributed by atoms with Gasteiger partial charge in [0.05, 0.1) is 12.1 Å². The molecule has 0 saturated carbocycles. The van der Waals surface area contributed by atoms with Gasteiger partial charge in [0.15, 0.2) is 0 Å². The predicted molar refractivity (Wildman–Crippen MR) is 63.9 cm³/mol. The number of hydrogen-bond acceptors (Lipinski definition) is 2. The van der Waals surface area contributed by atoms with Crippen molar-refractivity contribution in [3.63, 3.8) is 0 Å². The smallest absolute Gasteiger partial charge is 0.237 e.